The Kier molecular flexibility index (Phi) is 2.44. The highest BCUT2D eigenvalue weighted by Gasteiger charge is 2.47. The van der Waals surface area contributed by atoms with Crippen molar-refractivity contribution in [1.29, 1.82) is 5.41 Å². The lowest BCUT2D eigenvalue weighted by atomic mass is 10.7. The first-order valence-electron chi connectivity index (χ1n) is 2.26. The van der Waals surface area contributed by atoms with E-state index in [4.69, 9.17) is 5.41 Å². The Bertz CT molecular complexity index is 276. The van der Waals surface area contributed by atoms with Gasteiger partial charge in [0, 0.05) is 0 Å². The van der Waals surface area contributed by atoms with Gasteiger partial charge in [-0.3, -0.25) is 5.41 Å². The highest BCUT2D eigenvalue weighted by Crippen LogP contribution is 2.24. The molecule has 1 N–H and O–H groups in total. The Hall–Kier alpha value is -0.850. The second-order valence-electron chi connectivity index (χ2n) is 1.52. The molecule has 7 heteroatoms. The molecule has 0 aliphatic rings. The first kappa shape index (κ1) is 10.2. The molecule has 0 rings (SSSR count). The summed E-state index contributed by atoms with van der Waals surface area (Å²) in [6.07, 6.45) is 0.322. The van der Waals surface area contributed by atoms with Gasteiger partial charge in [-0.05, 0) is 6.08 Å². The van der Waals surface area contributed by atoms with Gasteiger partial charge < -0.3 is 0 Å². The van der Waals surface area contributed by atoms with E-state index >= 15 is 0 Å². The molecule has 0 atom stereocenters. The zero-order valence-corrected chi connectivity index (χ0v) is 5.96. The van der Waals surface area contributed by atoms with Gasteiger partial charge in [0.1, 0.15) is 0 Å². The summed E-state index contributed by atoms with van der Waals surface area (Å²) in [5, 5.41) is 4.83. The Morgan fingerprint density at radius 3 is 1.91 bits per heavy atom. The number of sulfone groups is 1. The third-order valence-electron chi connectivity index (χ3n) is 0.780. The molecule has 0 unspecified atom stereocenters. The lowest BCUT2D eigenvalue weighted by Gasteiger charge is -2.04. The van der Waals surface area contributed by atoms with Gasteiger partial charge in [-0.2, -0.15) is 13.2 Å². The number of hydrogen-bond acceptors (Lipinski definition) is 3. The average molecular weight is 187 g/mol. The van der Waals surface area contributed by atoms with Crippen molar-refractivity contribution in [2.75, 3.05) is 0 Å². The molecule has 0 aromatic rings. The van der Waals surface area contributed by atoms with Gasteiger partial charge in [-0.25, -0.2) is 8.42 Å². The van der Waals surface area contributed by atoms with Crippen LogP contribution in [0.5, 0.6) is 0 Å². The highest BCUT2D eigenvalue weighted by molar-refractivity contribution is 8.07. The van der Waals surface area contributed by atoms with Gasteiger partial charge in [0.05, 0.1) is 0 Å². The van der Waals surface area contributed by atoms with Crippen LogP contribution in [-0.2, 0) is 9.84 Å². The van der Waals surface area contributed by atoms with Crippen LogP contribution in [0.3, 0.4) is 0 Å². The number of alkyl halides is 3. The minimum absolute atomic E-state index is 0.322. The molecule has 0 saturated heterocycles. The zero-order chi connectivity index (χ0) is 9.28. The SMILES string of the molecule is C=CC(=N)S(=O)(=O)C(F)(F)F. The Morgan fingerprint density at radius 2 is 1.82 bits per heavy atom. The van der Waals surface area contributed by atoms with E-state index in [0.29, 0.717) is 6.08 Å². The second kappa shape index (κ2) is 2.65. The summed E-state index contributed by atoms with van der Waals surface area (Å²) in [6.45, 7) is 2.74. The van der Waals surface area contributed by atoms with Crippen LogP contribution in [0.25, 0.3) is 0 Å². The molecule has 0 spiro atoms. The zero-order valence-electron chi connectivity index (χ0n) is 5.14. The normalized spacial score (nSPS) is 12.6. The van der Waals surface area contributed by atoms with Crippen LogP contribution in [0.2, 0.25) is 0 Å². The summed E-state index contributed by atoms with van der Waals surface area (Å²) in [5.41, 5.74) is -5.40. The number of halogens is 3. The van der Waals surface area contributed by atoms with Crippen molar-refractivity contribution in [3.05, 3.63) is 12.7 Å². The summed E-state index contributed by atoms with van der Waals surface area (Å²) in [5.74, 6) is 0. The Balaban J connectivity index is 5.08. The maximum Gasteiger partial charge on any atom is 0.503 e. The minimum atomic E-state index is -5.46. The van der Waals surface area contributed by atoms with Crippen molar-refractivity contribution in [2.24, 2.45) is 0 Å². The van der Waals surface area contributed by atoms with E-state index in [1.165, 1.54) is 0 Å². The van der Waals surface area contributed by atoms with Gasteiger partial charge in [-0.15, -0.1) is 0 Å². The first-order valence-corrected chi connectivity index (χ1v) is 3.74. The molecule has 0 aliphatic carbocycles. The molecule has 11 heavy (non-hydrogen) atoms. The van der Waals surface area contributed by atoms with Gasteiger partial charge >= 0.3 is 5.51 Å². The second-order valence-corrected chi connectivity index (χ2v) is 3.43. The van der Waals surface area contributed by atoms with Crippen LogP contribution in [0.4, 0.5) is 13.2 Å². The highest BCUT2D eigenvalue weighted by atomic mass is 32.2. The lowest BCUT2D eigenvalue weighted by molar-refractivity contribution is -0.0417. The molecule has 0 aromatic carbocycles. The molecule has 0 aliphatic heterocycles. The van der Waals surface area contributed by atoms with E-state index in [9.17, 15) is 21.6 Å². The van der Waals surface area contributed by atoms with Crippen molar-refractivity contribution >= 4 is 14.9 Å². The molecule has 0 aromatic heterocycles. The Morgan fingerprint density at radius 1 is 1.45 bits per heavy atom. The van der Waals surface area contributed by atoms with E-state index in [2.05, 4.69) is 6.58 Å². The standard InChI is InChI=1S/C4H4F3NO2S/c1-2-3(8)11(9,10)4(5,6)7/h2,8H,1H2. The third-order valence-corrected chi connectivity index (χ3v) is 2.13. The maximum atomic E-state index is 11.5. The van der Waals surface area contributed by atoms with Crippen LogP contribution in [-0.4, -0.2) is 19.0 Å². The van der Waals surface area contributed by atoms with Crippen LogP contribution in [0.1, 0.15) is 0 Å². The lowest BCUT2D eigenvalue weighted by Crippen LogP contribution is -2.28. The maximum absolute atomic E-state index is 11.5. The van der Waals surface area contributed by atoms with E-state index in [1.807, 2.05) is 0 Å². The fourth-order valence-corrected chi connectivity index (χ4v) is 0.703. The van der Waals surface area contributed by atoms with Crippen molar-refractivity contribution < 1.29 is 21.6 Å². The molecule has 0 fully saturated rings. The van der Waals surface area contributed by atoms with Crippen molar-refractivity contribution in [3.8, 4) is 0 Å². The fourth-order valence-electron chi connectivity index (χ4n) is 0.234. The largest absolute Gasteiger partial charge is 0.503 e. The predicted octanol–water partition coefficient (Wildman–Crippen LogP) is 1.08. The monoisotopic (exact) mass is 187 g/mol. The van der Waals surface area contributed by atoms with Crippen LogP contribution in [0.15, 0.2) is 12.7 Å². The van der Waals surface area contributed by atoms with Crippen molar-refractivity contribution in [2.45, 2.75) is 5.51 Å². The quantitative estimate of drug-likeness (QED) is 0.493. The third kappa shape index (κ3) is 1.79. The van der Waals surface area contributed by atoms with Crippen molar-refractivity contribution in [1.82, 2.24) is 0 Å². The molecule has 0 heterocycles. The molecule has 0 bridgehead atoms. The van der Waals surface area contributed by atoms with Crippen LogP contribution >= 0.6 is 0 Å². The van der Waals surface area contributed by atoms with Gasteiger partial charge in [0.15, 0.2) is 5.04 Å². The van der Waals surface area contributed by atoms with Crippen LogP contribution in [0, 0.1) is 5.41 Å². The number of hydrogen-bond donors (Lipinski definition) is 1. The van der Waals surface area contributed by atoms with Gasteiger partial charge in [-0.1, -0.05) is 6.58 Å². The summed E-state index contributed by atoms with van der Waals surface area (Å²) in [4.78, 5) is 0. The van der Waals surface area contributed by atoms with Crippen molar-refractivity contribution in [3.63, 3.8) is 0 Å². The molecular weight excluding hydrogens is 183 g/mol. The fraction of sp³-hybridized carbons (Fsp3) is 0.250. The molecular formula is C4H4F3NO2S. The molecule has 0 radical (unpaired) electrons. The van der Waals surface area contributed by atoms with E-state index in [0.717, 1.165) is 0 Å². The van der Waals surface area contributed by atoms with Crippen LogP contribution < -0.4 is 0 Å². The Labute approximate surface area is 61.0 Å². The molecule has 3 nitrogen and oxygen atoms in total. The summed E-state index contributed by atoms with van der Waals surface area (Å²) < 4.78 is 54.8. The summed E-state index contributed by atoms with van der Waals surface area (Å²) >= 11 is 0. The number of nitrogens with one attached hydrogen (secondary N) is 1. The first-order chi connectivity index (χ1) is 4.73. The molecule has 0 saturated carbocycles. The van der Waals surface area contributed by atoms with E-state index in [1.54, 1.807) is 0 Å². The summed E-state index contributed by atoms with van der Waals surface area (Å²) in [7, 11) is -5.46. The van der Waals surface area contributed by atoms with Gasteiger partial charge in [0.25, 0.3) is 9.84 Å². The number of rotatable bonds is 1. The smallest absolute Gasteiger partial charge is 0.289 e. The average Bonchev–Trinajstić information content (AvgIpc) is 1.83. The van der Waals surface area contributed by atoms with Gasteiger partial charge in [0.2, 0.25) is 0 Å². The minimum Gasteiger partial charge on any atom is -0.289 e. The van der Waals surface area contributed by atoms with E-state index < -0.39 is 20.4 Å². The topological polar surface area (TPSA) is 58.0 Å². The predicted molar refractivity (Wildman–Crippen MR) is 32.9 cm³/mol. The summed E-state index contributed by atoms with van der Waals surface area (Å²) in [6, 6.07) is 0. The molecule has 64 valence electrons. The molecule has 0 amide bonds. The van der Waals surface area contributed by atoms with E-state index in [-0.39, 0.29) is 0 Å².